The Labute approximate surface area is 95.0 Å². The van der Waals surface area contributed by atoms with Crippen LogP contribution in [0.2, 0.25) is 0 Å². The predicted octanol–water partition coefficient (Wildman–Crippen LogP) is 1.91. The van der Waals surface area contributed by atoms with Gasteiger partial charge in [0, 0.05) is 0 Å². The summed E-state index contributed by atoms with van der Waals surface area (Å²) in [6, 6.07) is 1.99. The van der Waals surface area contributed by atoms with Crippen molar-refractivity contribution in [2.75, 3.05) is 6.61 Å². The van der Waals surface area contributed by atoms with Crippen LogP contribution in [0.25, 0.3) is 0 Å². The van der Waals surface area contributed by atoms with Gasteiger partial charge in [0.15, 0.2) is 5.69 Å². The molecule has 7 heteroatoms. The van der Waals surface area contributed by atoms with E-state index >= 15 is 0 Å². The largest absolute Gasteiger partial charge is 0.506 e. The molecule has 0 amide bonds. The summed E-state index contributed by atoms with van der Waals surface area (Å²) in [4.78, 5) is 14.2. The van der Waals surface area contributed by atoms with Gasteiger partial charge in [0.25, 0.3) is 0 Å². The molecular weight excluding hydrogens is 239 g/mol. The van der Waals surface area contributed by atoms with Gasteiger partial charge in [-0.3, -0.25) is 4.79 Å². The molecule has 4 nitrogen and oxygen atoms in total. The topological polar surface area (TPSA) is 59.4 Å². The second-order valence-electron chi connectivity index (χ2n) is 3.15. The molecule has 0 aromatic carbocycles. The van der Waals surface area contributed by atoms with Crippen LogP contribution in [-0.4, -0.2) is 22.7 Å². The molecule has 1 aromatic rings. The third kappa shape index (κ3) is 3.61. The normalized spacial score (nSPS) is 11.3. The molecule has 0 bridgehead atoms. The monoisotopic (exact) mass is 249 g/mol. The summed E-state index contributed by atoms with van der Waals surface area (Å²) in [6.45, 7) is 1.73. The fourth-order valence-electron chi connectivity index (χ4n) is 1.16. The van der Waals surface area contributed by atoms with Gasteiger partial charge in [0.1, 0.15) is 5.75 Å². The van der Waals surface area contributed by atoms with Crippen LogP contribution in [0.3, 0.4) is 0 Å². The molecule has 1 rings (SSSR count). The minimum atomic E-state index is -4.76. The van der Waals surface area contributed by atoms with Crippen molar-refractivity contribution in [2.24, 2.45) is 0 Å². The van der Waals surface area contributed by atoms with Crippen molar-refractivity contribution in [2.45, 2.75) is 19.5 Å². The summed E-state index contributed by atoms with van der Waals surface area (Å²) < 4.78 is 41.7. The first kappa shape index (κ1) is 13.3. The van der Waals surface area contributed by atoms with E-state index in [2.05, 4.69) is 9.72 Å². The maximum atomic E-state index is 12.4. The minimum absolute atomic E-state index is 0.103. The Morgan fingerprint density at radius 2 is 2.12 bits per heavy atom. The lowest BCUT2D eigenvalue weighted by molar-refractivity contribution is -0.144. The minimum Gasteiger partial charge on any atom is -0.506 e. The molecule has 0 aliphatic carbocycles. The van der Waals surface area contributed by atoms with Crippen LogP contribution in [0.5, 0.6) is 5.75 Å². The van der Waals surface area contributed by atoms with Gasteiger partial charge in [0.2, 0.25) is 0 Å². The van der Waals surface area contributed by atoms with Crippen molar-refractivity contribution < 1.29 is 27.8 Å². The number of esters is 1. The number of aromatic nitrogens is 1. The Bertz CT molecular complexity index is 418. The number of hydrogen-bond acceptors (Lipinski definition) is 4. The lowest BCUT2D eigenvalue weighted by Gasteiger charge is -2.09. The van der Waals surface area contributed by atoms with Gasteiger partial charge in [-0.25, -0.2) is 4.98 Å². The molecule has 0 radical (unpaired) electrons. The summed E-state index contributed by atoms with van der Waals surface area (Å²) >= 11 is 0. The number of pyridine rings is 1. The lowest BCUT2D eigenvalue weighted by Crippen LogP contribution is -2.13. The third-order valence-corrected chi connectivity index (χ3v) is 1.83. The van der Waals surface area contributed by atoms with Crippen LogP contribution in [0, 0.1) is 0 Å². The molecular formula is C10H10F3NO3. The van der Waals surface area contributed by atoms with E-state index in [0.29, 0.717) is 0 Å². The first-order valence-electron chi connectivity index (χ1n) is 4.76. The molecule has 1 N–H and O–H groups in total. The zero-order chi connectivity index (χ0) is 13.1. The Balaban J connectivity index is 2.93. The number of carbonyl (C=O) groups is 1. The summed E-state index contributed by atoms with van der Waals surface area (Å²) in [7, 11) is 0. The van der Waals surface area contributed by atoms with Crippen LogP contribution in [0.1, 0.15) is 18.3 Å². The number of halogens is 3. The van der Waals surface area contributed by atoms with Crippen molar-refractivity contribution >= 4 is 5.97 Å². The molecule has 17 heavy (non-hydrogen) atoms. The van der Waals surface area contributed by atoms with Gasteiger partial charge < -0.3 is 9.84 Å². The maximum absolute atomic E-state index is 12.4. The summed E-state index contributed by atoms with van der Waals surface area (Å²) in [5, 5.41) is 9.01. The number of hydrogen-bond donors (Lipinski definition) is 1. The second-order valence-corrected chi connectivity index (χ2v) is 3.15. The van der Waals surface area contributed by atoms with Crippen molar-refractivity contribution in [1.82, 2.24) is 4.98 Å². The molecule has 0 atom stereocenters. The number of ether oxygens (including phenoxy) is 1. The predicted molar refractivity (Wildman–Crippen MR) is 51.2 cm³/mol. The van der Waals surface area contributed by atoms with Crippen LogP contribution in [0.4, 0.5) is 13.2 Å². The highest BCUT2D eigenvalue weighted by Gasteiger charge is 2.36. The van der Waals surface area contributed by atoms with E-state index in [1.165, 1.54) is 0 Å². The van der Waals surface area contributed by atoms with Crippen LogP contribution < -0.4 is 0 Å². The number of aromatic hydroxyl groups is 1. The molecule has 1 heterocycles. The fraction of sp³-hybridized carbons (Fsp3) is 0.400. The smallest absolute Gasteiger partial charge is 0.437 e. The van der Waals surface area contributed by atoms with Crippen molar-refractivity contribution in [1.29, 1.82) is 0 Å². The molecule has 0 unspecified atom stereocenters. The molecule has 1 aromatic heterocycles. The highest BCUT2D eigenvalue weighted by Crippen LogP contribution is 2.33. The van der Waals surface area contributed by atoms with Crippen LogP contribution >= 0.6 is 0 Å². The van der Waals surface area contributed by atoms with Gasteiger partial charge in [-0.15, -0.1) is 0 Å². The second kappa shape index (κ2) is 5.03. The van der Waals surface area contributed by atoms with Crippen LogP contribution in [0.15, 0.2) is 12.1 Å². The van der Waals surface area contributed by atoms with E-state index < -0.39 is 23.6 Å². The molecule has 0 spiro atoms. The van der Waals surface area contributed by atoms with Gasteiger partial charge in [-0.1, -0.05) is 0 Å². The highest BCUT2D eigenvalue weighted by atomic mass is 19.4. The van der Waals surface area contributed by atoms with E-state index in [4.69, 9.17) is 5.11 Å². The first-order chi connectivity index (χ1) is 7.84. The number of carbonyl (C=O) groups excluding carboxylic acids is 1. The van der Waals surface area contributed by atoms with Gasteiger partial charge in [-0.05, 0) is 19.1 Å². The molecule has 0 saturated carbocycles. The van der Waals surface area contributed by atoms with Crippen molar-refractivity contribution in [3.63, 3.8) is 0 Å². The average Bonchev–Trinajstić information content (AvgIpc) is 2.19. The van der Waals surface area contributed by atoms with E-state index in [-0.39, 0.29) is 18.7 Å². The van der Waals surface area contributed by atoms with Crippen LogP contribution in [-0.2, 0) is 22.1 Å². The fourth-order valence-corrected chi connectivity index (χ4v) is 1.16. The summed E-state index contributed by atoms with van der Waals surface area (Å²) in [6.07, 6.45) is -5.12. The lowest BCUT2D eigenvalue weighted by atomic mass is 10.2. The SMILES string of the molecule is CCOC(=O)Cc1ccc(O)c(C(F)(F)F)n1. The average molecular weight is 249 g/mol. The molecule has 0 saturated heterocycles. The number of rotatable bonds is 3. The highest BCUT2D eigenvalue weighted by molar-refractivity contribution is 5.72. The number of alkyl halides is 3. The number of nitrogens with zero attached hydrogens (tertiary/aromatic N) is 1. The third-order valence-electron chi connectivity index (χ3n) is 1.83. The van der Waals surface area contributed by atoms with Gasteiger partial charge >= 0.3 is 12.1 Å². The molecule has 0 fully saturated rings. The van der Waals surface area contributed by atoms with E-state index in [1.807, 2.05) is 0 Å². The zero-order valence-electron chi connectivity index (χ0n) is 8.91. The quantitative estimate of drug-likeness (QED) is 0.831. The maximum Gasteiger partial charge on any atom is 0.437 e. The van der Waals surface area contributed by atoms with Crippen molar-refractivity contribution in [3.05, 3.63) is 23.5 Å². The van der Waals surface area contributed by atoms with E-state index in [0.717, 1.165) is 12.1 Å². The Morgan fingerprint density at radius 1 is 1.47 bits per heavy atom. The summed E-state index contributed by atoms with van der Waals surface area (Å²) in [5.41, 5.74) is -1.51. The first-order valence-corrected chi connectivity index (χ1v) is 4.76. The summed E-state index contributed by atoms with van der Waals surface area (Å²) in [5.74, 6) is -1.64. The molecule has 94 valence electrons. The van der Waals surface area contributed by atoms with Gasteiger partial charge in [-0.2, -0.15) is 13.2 Å². The van der Waals surface area contributed by atoms with E-state index in [1.54, 1.807) is 6.92 Å². The Hall–Kier alpha value is -1.79. The van der Waals surface area contributed by atoms with Crippen molar-refractivity contribution in [3.8, 4) is 5.75 Å². The van der Waals surface area contributed by atoms with E-state index in [9.17, 15) is 18.0 Å². The Morgan fingerprint density at radius 3 is 2.65 bits per heavy atom. The standard InChI is InChI=1S/C10H10F3NO3/c1-2-17-8(16)5-6-3-4-7(15)9(14-6)10(11,12)13/h3-4,15H,2,5H2,1H3. The van der Waals surface area contributed by atoms with Gasteiger partial charge in [0.05, 0.1) is 18.7 Å². The Kier molecular flexibility index (Phi) is 3.93. The molecule has 0 aliphatic heterocycles. The molecule has 0 aliphatic rings. The zero-order valence-corrected chi connectivity index (χ0v) is 8.91.